The summed E-state index contributed by atoms with van der Waals surface area (Å²) >= 11 is 1.46. The summed E-state index contributed by atoms with van der Waals surface area (Å²) in [5.41, 5.74) is 3.99. The first-order valence-electron chi connectivity index (χ1n) is 12.8. The molecule has 5 rings (SSSR count). The number of aryl methyl sites for hydroxylation is 2. The van der Waals surface area contributed by atoms with Crippen molar-refractivity contribution in [3.8, 4) is 0 Å². The average Bonchev–Trinajstić information content (AvgIpc) is 3.34. The quantitative estimate of drug-likeness (QED) is 0.311. The van der Waals surface area contributed by atoms with Crippen LogP contribution < -0.4 is 4.90 Å². The lowest BCUT2D eigenvalue weighted by Crippen LogP contribution is -2.44. The van der Waals surface area contributed by atoms with Crippen molar-refractivity contribution >= 4 is 52.5 Å². The molecule has 1 saturated heterocycles. The maximum Gasteiger partial charge on any atom is 0.243 e. The van der Waals surface area contributed by atoms with Gasteiger partial charge in [-0.3, -0.25) is 14.7 Å². The molecule has 0 saturated carbocycles. The highest BCUT2D eigenvalue weighted by Gasteiger charge is 2.35. The lowest BCUT2D eigenvalue weighted by Gasteiger charge is -2.33. The molecule has 1 fully saturated rings. The fraction of sp³-hybridized carbons (Fsp3) is 0.321. The summed E-state index contributed by atoms with van der Waals surface area (Å²) in [4.78, 5) is 24.5. The lowest BCUT2D eigenvalue weighted by molar-refractivity contribution is -0.123. The van der Waals surface area contributed by atoms with Crippen molar-refractivity contribution < 1.29 is 21.6 Å². The van der Waals surface area contributed by atoms with E-state index in [2.05, 4.69) is 11.1 Å². The third-order valence-corrected chi connectivity index (χ3v) is 11.3. The number of carbonyl (C=O) groups excluding carboxylic acids is 1. The number of piperidine rings is 1. The van der Waals surface area contributed by atoms with Crippen LogP contribution in [0.3, 0.4) is 0 Å². The summed E-state index contributed by atoms with van der Waals surface area (Å²) in [6.45, 7) is 4.69. The summed E-state index contributed by atoms with van der Waals surface area (Å²) in [5, 5.41) is 0.599. The summed E-state index contributed by atoms with van der Waals surface area (Å²) in [5.74, 6) is -0.492. The van der Waals surface area contributed by atoms with Gasteiger partial charge in [0.25, 0.3) is 0 Å². The topological polar surface area (TPSA) is 118 Å². The number of pyridine rings is 1. The number of aromatic nitrogens is 2. The molecule has 1 aliphatic rings. The Kier molecular flexibility index (Phi) is 7.79. The van der Waals surface area contributed by atoms with E-state index >= 15 is 0 Å². The van der Waals surface area contributed by atoms with Gasteiger partial charge in [-0.1, -0.05) is 23.5 Å². The Bertz CT molecular complexity index is 1740. The number of nitrogens with zero attached hydrogens (tertiary/aromatic N) is 4. The van der Waals surface area contributed by atoms with E-state index in [0.29, 0.717) is 24.5 Å². The van der Waals surface area contributed by atoms with Gasteiger partial charge in [0.1, 0.15) is 0 Å². The van der Waals surface area contributed by atoms with Crippen LogP contribution in [0.4, 0.5) is 5.13 Å². The van der Waals surface area contributed by atoms with Crippen molar-refractivity contribution in [3.05, 3.63) is 77.6 Å². The Morgan fingerprint density at radius 3 is 2.38 bits per heavy atom. The summed E-state index contributed by atoms with van der Waals surface area (Å²) in [7, 11) is -7.47. The molecule has 9 nitrogen and oxygen atoms in total. The zero-order chi connectivity index (χ0) is 28.7. The molecule has 210 valence electrons. The van der Waals surface area contributed by atoms with Crippen LogP contribution in [0.25, 0.3) is 10.2 Å². The Morgan fingerprint density at radius 2 is 1.70 bits per heavy atom. The second-order valence-corrected chi connectivity index (χ2v) is 15.1. The molecule has 40 heavy (non-hydrogen) atoms. The zero-order valence-corrected chi connectivity index (χ0v) is 24.9. The molecule has 0 aliphatic carbocycles. The van der Waals surface area contributed by atoms with E-state index in [4.69, 9.17) is 4.98 Å². The van der Waals surface area contributed by atoms with Gasteiger partial charge in [0, 0.05) is 37.7 Å². The molecule has 2 aromatic carbocycles. The van der Waals surface area contributed by atoms with E-state index in [1.165, 1.54) is 39.9 Å². The predicted octanol–water partition coefficient (Wildman–Crippen LogP) is 4.35. The van der Waals surface area contributed by atoms with Crippen LogP contribution in [-0.4, -0.2) is 56.4 Å². The van der Waals surface area contributed by atoms with E-state index < -0.39 is 19.9 Å². The van der Waals surface area contributed by atoms with Gasteiger partial charge in [-0.15, -0.1) is 0 Å². The normalized spacial score (nSPS) is 15.4. The van der Waals surface area contributed by atoms with Crippen molar-refractivity contribution in [2.75, 3.05) is 24.2 Å². The first kappa shape index (κ1) is 28.3. The summed E-state index contributed by atoms with van der Waals surface area (Å²) in [6, 6.07) is 13.2. The fourth-order valence-corrected chi connectivity index (χ4v) is 8.08. The number of hydrogen-bond acceptors (Lipinski definition) is 8. The SMILES string of the molecule is Cc1cc2nc(N(Cc3cccnc3)C(=O)C3CCN(S(=O)(=O)c4cccc(S(C)(=O)=O)c4)CC3)sc2cc1C. The first-order valence-corrected chi connectivity index (χ1v) is 17.0. The van der Waals surface area contributed by atoms with Gasteiger partial charge in [0.15, 0.2) is 15.0 Å². The number of hydrogen-bond donors (Lipinski definition) is 0. The van der Waals surface area contributed by atoms with E-state index in [1.807, 2.05) is 32.0 Å². The molecule has 1 amide bonds. The molecule has 0 radical (unpaired) electrons. The highest BCUT2D eigenvalue weighted by Crippen LogP contribution is 2.34. The van der Waals surface area contributed by atoms with Gasteiger partial charge in [-0.25, -0.2) is 21.8 Å². The van der Waals surface area contributed by atoms with Gasteiger partial charge in [0.05, 0.1) is 26.6 Å². The average molecular weight is 599 g/mol. The molecular weight excluding hydrogens is 569 g/mol. The van der Waals surface area contributed by atoms with Crippen molar-refractivity contribution in [2.24, 2.45) is 5.92 Å². The molecule has 12 heteroatoms. The smallest absolute Gasteiger partial charge is 0.243 e. The van der Waals surface area contributed by atoms with Crippen molar-refractivity contribution in [1.82, 2.24) is 14.3 Å². The number of sulfone groups is 1. The van der Waals surface area contributed by atoms with Gasteiger partial charge in [-0.05, 0) is 79.8 Å². The highest BCUT2D eigenvalue weighted by atomic mass is 32.2. The van der Waals surface area contributed by atoms with Crippen LogP contribution in [0.5, 0.6) is 0 Å². The molecule has 2 aromatic heterocycles. The number of anilines is 1. The fourth-order valence-electron chi connectivity index (χ4n) is 4.78. The van der Waals surface area contributed by atoms with E-state index in [9.17, 15) is 21.6 Å². The number of rotatable bonds is 7. The minimum Gasteiger partial charge on any atom is -0.283 e. The van der Waals surface area contributed by atoms with Gasteiger partial charge in [0.2, 0.25) is 15.9 Å². The largest absolute Gasteiger partial charge is 0.283 e. The second-order valence-electron chi connectivity index (χ2n) is 10.1. The molecule has 0 bridgehead atoms. The molecule has 1 aliphatic heterocycles. The second kappa shape index (κ2) is 11.0. The number of thiazole rings is 1. The number of carbonyl (C=O) groups is 1. The van der Waals surface area contributed by atoms with Gasteiger partial charge < -0.3 is 0 Å². The minimum atomic E-state index is -3.91. The van der Waals surface area contributed by atoms with E-state index in [1.54, 1.807) is 17.3 Å². The van der Waals surface area contributed by atoms with Gasteiger partial charge >= 0.3 is 0 Å². The number of fused-ring (bicyclic) bond motifs is 1. The predicted molar refractivity (Wildman–Crippen MR) is 156 cm³/mol. The monoisotopic (exact) mass is 598 g/mol. The number of amides is 1. The van der Waals surface area contributed by atoms with Crippen LogP contribution >= 0.6 is 11.3 Å². The van der Waals surface area contributed by atoms with Crippen LogP contribution in [0, 0.1) is 19.8 Å². The highest BCUT2D eigenvalue weighted by molar-refractivity contribution is 7.91. The zero-order valence-electron chi connectivity index (χ0n) is 22.4. The molecule has 0 atom stereocenters. The molecule has 0 N–H and O–H groups in total. The standard InChI is InChI=1S/C28H30N4O5S3/c1-19-14-25-26(15-20(19)2)38-28(30-25)32(18-21-6-5-11-29-17-21)27(33)22-9-12-31(13-10-22)40(36,37)24-8-4-7-23(16-24)39(3,34)35/h4-8,11,14-17,22H,9-10,12-13,18H2,1-3H3. The van der Waals surface area contributed by atoms with Crippen molar-refractivity contribution in [3.63, 3.8) is 0 Å². The van der Waals surface area contributed by atoms with Crippen LogP contribution in [0.2, 0.25) is 0 Å². The van der Waals surface area contributed by atoms with Crippen molar-refractivity contribution in [1.29, 1.82) is 0 Å². The number of sulfonamides is 1. The van der Waals surface area contributed by atoms with Gasteiger partial charge in [-0.2, -0.15) is 4.31 Å². The molecule has 0 unspecified atom stereocenters. The molecular formula is C28H30N4O5S3. The van der Waals surface area contributed by atoms with Crippen LogP contribution in [0.15, 0.2) is 70.7 Å². The summed E-state index contributed by atoms with van der Waals surface area (Å²) < 4.78 is 52.9. The maximum atomic E-state index is 13.9. The summed E-state index contributed by atoms with van der Waals surface area (Å²) in [6.07, 6.45) is 5.14. The first-order chi connectivity index (χ1) is 18.9. The Labute approximate surface area is 238 Å². The lowest BCUT2D eigenvalue weighted by atomic mass is 9.96. The molecule has 4 aromatic rings. The third kappa shape index (κ3) is 5.80. The maximum absolute atomic E-state index is 13.9. The molecule has 0 spiro atoms. The van der Waals surface area contributed by atoms with Crippen LogP contribution in [-0.2, 0) is 31.2 Å². The van der Waals surface area contributed by atoms with E-state index in [0.717, 1.165) is 33.2 Å². The third-order valence-electron chi connectivity index (χ3n) is 7.23. The van der Waals surface area contributed by atoms with E-state index in [-0.39, 0.29) is 34.7 Å². The Morgan fingerprint density at radius 1 is 1.00 bits per heavy atom. The minimum absolute atomic E-state index is 0.0501. The Balaban J connectivity index is 1.38. The van der Waals surface area contributed by atoms with Crippen molar-refractivity contribution in [2.45, 2.75) is 43.0 Å². The molecule has 3 heterocycles. The Hall–Kier alpha value is -3.19. The number of benzene rings is 2. The van der Waals surface area contributed by atoms with Crippen LogP contribution in [0.1, 0.15) is 29.5 Å².